The number of hydrogen-bond acceptors (Lipinski definition) is 1. The summed E-state index contributed by atoms with van der Waals surface area (Å²) in [6.07, 6.45) is 0. The maximum atomic E-state index is 5.38. The van der Waals surface area contributed by atoms with Crippen LogP contribution in [0.4, 0.5) is 0 Å². The molecule has 0 unspecified atom stereocenters. The summed E-state index contributed by atoms with van der Waals surface area (Å²) in [7, 11) is 0. The molecule has 0 N–H and O–H groups in total. The van der Waals surface area contributed by atoms with E-state index in [0.717, 1.165) is 16.8 Å². The molecule has 1 aromatic carbocycles. The van der Waals surface area contributed by atoms with E-state index >= 15 is 0 Å². The molecule has 51 valence electrons. The fourth-order valence-electron chi connectivity index (χ4n) is 0.686. The monoisotopic (exact) mass is 241 g/mol. The third-order valence-corrected chi connectivity index (χ3v) is 1.70. The topological polar surface area (TPSA) is 9.23 Å². The Kier molecular flexibility index (Phi) is 3.65. The molecule has 1 rings (SSSR count). The zero-order chi connectivity index (χ0) is 7.23. The van der Waals surface area contributed by atoms with Gasteiger partial charge in [-0.05, 0) is 0 Å². The number of rotatable bonds is 3. The summed E-state index contributed by atoms with van der Waals surface area (Å²) < 4.78 is 6.53. The molecule has 0 atom stereocenters. The second kappa shape index (κ2) is 4.61. The van der Waals surface area contributed by atoms with Crippen molar-refractivity contribution in [2.24, 2.45) is 0 Å². The van der Waals surface area contributed by atoms with Gasteiger partial charge in [0.05, 0.1) is 0 Å². The van der Waals surface area contributed by atoms with E-state index in [1.54, 1.807) is 0 Å². The van der Waals surface area contributed by atoms with Gasteiger partial charge in [-0.25, -0.2) is 0 Å². The van der Waals surface area contributed by atoms with Gasteiger partial charge in [-0.15, -0.1) is 0 Å². The van der Waals surface area contributed by atoms with E-state index < -0.39 is 0 Å². The van der Waals surface area contributed by atoms with Crippen molar-refractivity contribution in [2.45, 2.75) is 4.44 Å². The van der Waals surface area contributed by atoms with Crippen LogP contribution in [0.2, 0.25) is 4.44 Å². The van der Waals surface area contributed by atoms with Crippen molar-refractivity contribution in [3.8, 4) is 5.75 Å². The molecular formula is C8H9OSn. The number of hydrogen-bond donors (Lipinski definition) is 0. The summed E-state index contributed by atoms with van der Waals surface area (Å²) in [5.41, 5.74) is 0. The van der Waals surface area contributed by atoms with Gasteiger partial charge >= 0.3 is 74.4 Å². The number of benzene rings is 1. The van der Waals surface area contributed by atoms with Crippen molar-refractivity contribution < 1.29 is 4.74 Å². The van der Waals surface area contributed by atoms with Crippen LogP contribution in [0.5, 0.6) is 5.75 Å². The maximum absolute atomic E-state index is 5.38. The van der Waals surface area contributed by atoms with Crippen LogP contribution in [0.25, 0.3) is 0 Å². The van der Waals surface area contributed by atoms with Crippen molar-refractivity contribution in [1.29, 1.82) is 0 Å². The van der Waals surface area contributed by atoms with E-state index in [0.29, 0.717) is 0 Å². The Bertz CT molecular complexity index is 174. The van der Waals surface area contributed by atoms with Crippen molar-refractivity contribution in [2.75, 3.05) is 6.61 Å². The van der Waals surface area contributed by atoms with Crippen LogP contribution >= 0.6 is 0 Å². The van der Waals surface area contributed by atoms with Gasteiger partial charge in [0.25, 0.3) is 0 Å². The molecule has 0 bridgehead atoms. The third-order valence-electron chi connectivity index (χ3n) is 1.11. The molecule has 10 heavy (non-hydrogen) atoms. The van der Waals surface area contributed by atoms with Crippen molar-refractivity contribution >= 4 is 22.5 Å². The van der Waals surface area contributed by atoms with Crippen molar-refractivity contribution in [1.82, 2.24) is 0 Å². The Morgan fingerprint density at radius 2 is 1.90 bits per heavy atom. The van der Waals surface area contributed by atoms with Crippen LogP contribution in [0.1, 0.15) is 0 Å². The Morgan fingerprint density at radius 3 is 2.50 bits per heavy atom. The van der Waals surface area contributed by atoms with E-state index in [9.17, 15) is 0 Å². The SMILES string of the molecule is [Sn][CH2]COc1ccccc1. The summed E-state index contributed by atoms with van der Waals surface area (Å²) >= 11 is 1.53. The Labute approximate surface area is 74.5 Å². The first kappa shape index (κ1) is 7.92. The molecule has 0 heterocycles. The first-order chi connectivity index (χ1) is 4.93. The minimum absolute atomic E-state index is 0.850. The number of para-hydroxylation sites is 1. The molecule has 0 amide bonds. The summed E-state index contributed by atoms with van der Waals surface area (Å²) in [6, 6.07) is 9.92. The standard InChI is InChI=1S/C8H9O.Sn/c1-2-9-8-6-4-3-5-7-8;/h3-7H,1-2H2;. The first-order valence-corrected chi connectivity index (χ1v) is 5.28. The fourth-order valence-corrected chi connectivity index (χ4v) is 0.977. The molecule has 1 aromatic rings. The predicted octanol–water partition coefficient (Wildman–Crippen LogP) is 1.65. The van der Waals surface area contributed by atoms with E-state index in [-0.39, 0.29) is 0 Å². The van der Waals surface area contributed by atoms with Gasteiger partial charge in [0.15, 0.2) is 0 Å². The van der Waals surface area contributed by atoms with E-state index in [1.165, 1.54) is 22.5 Å². The summed E-state index contributed by atoms with van der Waals surface area (Å²) in [6.45, 7) is 0.850. The molecular weight excluding hydrogens is 231 g/mol. The van der Waals surface area contributed by atoms with E-state index in [4.69, 9.17) is 4.74 Å². The molecule has 0 fully saturated rings. The van der Waals surface area contributed by atoms with Crippen LogP contribution in [0, 0.1) is 0 Å². The third kappa shape index (κ3) is 2.60. The van der Waals surface area contributed by atoms with Gasteiger partial charge in [0, 0.05) is 0 Å². The van der Waals surface area contributed by atoms with Crippen LogP contribution < -0.4 is 4.74 Å². The van der Waals surface area contributed by atoms with Gasteiger partial charge in [0.1, 0.15) is 0 Å². The number of ether oxygens (including phenoxy) is 1. The molecule has 1 nitrogen and oxygen atoms in total. The molecule has 0 aliphatic rings. The first-order valence-electron chi connectivity index (χ1n) is 3.26. The van der Waals surface area contributed by atoms with Crippen LogP contribution in [0.15, 0.2) is 30.3 Å². The Balaban J connectivity index is 2.43. The molecule has 0 aromatic heterocycles. The van der Waals surface area contributed by atoms with Crippen LogP contribution in [-0.2, 0) is 0 Å². The summed E-state index contributed by atoms with van der Waals surface area (Å²) in [4.78, 5) is 0. The quantitative estimate of drug-likeness (QED) is 0.730. The zero-order valence-electron chi connectivity index (χ0n) is 5.71. The fraction of sp³-hybridized carbons (Fsp3) is 0.250. The predicted molar refractivity (Wildman–Crippen MR) is 42.5 cm³/mol. The van der Waals surface area contributed by atoms with Gasteiger partial charge in [-0.1, -0.05) is 0 Å². The van der Waals surface area contributed by atoms with Crippen molar-refractivity contribution in [3.63, 3.8) is 0 Å². The average Bonchev–Trinajstić information content (AvgIpc) is 2.03. The van der Waals surface area contributed by atoms with Gasteiger partial charge in [-0.2, -0.15) is 0 Å². The van der Waals surface area contributed by atoms with Crippen LogP contribution in [-0.4, -0.2) is 29.1 Å². The molecule has 0 spiro atoms. The van der Waals surface area contributed by atoms with Gasteiger partial charge < -0.3 is 0 Å². The van der Waals surface area contributed by atoms with Crippen LogP contribution in [0.3, 0.4) is 0 Å². The average molecular weight is 240 g/mol. The molecule has 3 radical (unpaired) electrons. The summed E-state index contributed by atoms with van der Waals surface area (Å²) in [5.74, 6) is 0.977. The molecule has 0 saturated carbocycles. The van der Waals surface area contributed by atoms with Gasteiger partial charge in [-0.3, -0.25) is 0 Å². The second-order valence-corrected chi connectivity index (χ2v) is 3.34. The Hall–Kier alpha value is -0.181. The zero-order valence-corrected chi connectivity index (χ0v) is 8.56. The summed E-state index contributed by atoms with van der Waals surface area (Å²) in [5, 5.41) is 0. The molecule has 0 aliphatic carbocycles. The molecule has 2 heteroatoms. The Morgan fingerprint density at radius 1 is 1.20 bits per heavy atom. The second-order valence-electron chi connectivity index (χ2n) is 1.91. The van der Waals surface area contributed by atoms with E-state index in [2.05, 4.69) is 0 Å². The van der Waals surface area contributed by atoms with E-state index in [1.807, 2.05) is 30.3 Å². The van der Waals surface area contributed by atoms with Crippen molar-refractivity contribution in [3.05, 3.63) is 30.3 Å². The minimum atomic E-state index is 0.850. The normalized spacial score (nSPS) is 9.30. The van der Waals surface area contributed by atoms with Gasteiger partial charge in [0.2, 0.25) is 0 Å². The molecule has 0 saturated heterocycles. The molecule has 0 aliphatic heterocycles.